The number of benzene rings is 1. The lowest BCUT2D eigenvalue weighted by atomic mass is 10.0. The summed E-state index contributed by atoms with van der Waals surface area (Å²) in [7, 11) is 0. The second-order valence-corrected chi connectivity index (χ2v) is 7.69. The van der Waals surface area contributed by atoms with E-state index in [-0.39, 0.29) is 17.0 Å². The highest BCUT2D eigenvalue weighted by atomic mass is 127. The summed E-state index contributed by atoms with van der Waals surface area (Å²) in [4.78, 5) is 0. The molecule has 0 saturated carbocycles. The Labute approximate surface area is 143 Å². The number of alkyl halides is 1. The molecule has 1 aliphatic heterocycles. The van der Waals surface area contributed by atoms with E-state index in [9.17, 15) is 4.39 Å². The molecule has 0 spiro atoms. The Morgan fingerprint density at radius 3 is 2.90 bits per heavy atom. The summed E-state index contributed by atoms with van der Waals surface area (Å²) in [6.45, 7) is 6.22. The van der Waals surface area contributed by atoms with Crippen LogP contribution in [-0.4, -0.2) is 29.4 Å². The third kappa shape index (κ3) is 4.43. The van der Waals surface area contributed by atoms with Crippen molar-refractivity contribution in [1.29, 1.82) is 0 Å². The summed E-state index contributed by atoms with van der Waals surface area (Å²) in [5, 5.41) is 3.35. The Kier molecular flexibility index (Phi) is 6.11. The van der Waals surface area contributed by atoms with Crippen LogP contribution in [0, 0.1) is 11.7 Å². The van der Waals surface area contributed by atoms with Crippen LogP contribution in [0.25, 0.3) is 0 Å². The summed E-state index contributed by atoms with van der Waals surface area (Å²) >= 11 is 8.28. The van der Waals surface area contributed by atoms with Gasteiger partial charge in [-0.25, -0.2) is 4.39 Å². The highest BCUT2D eigenvalue weighted by molar-refractivity contribution is 14.1. The SMILES string of the molecule is CC(C)OC[C@](I)(Oc1cccc(F)c1Cl)C1CCNC1. The van der Waals surface area contributed by atoms with Crippen molar-refractivity contribution in [2.75, 3.05) is 19.7 Å². The third-order valence-corrected chi connectivity index (χ3v) is 5.26. The Hall–Kier alpha value is -0.110. The predicted molar refractivity (Wildman–Crippen MR) is 90.9 cm³/mol. The van der Waals surface area contributed by atoms with Gasteiger partial charge in [0.05, 0.1) is 12.7 Å². The lowest BCUT2D eigenvalue weighted by Gasteiger charge is -2.34. The van der Waals surface area contributed by atoms with Crippen LogP contribution in [0.1, 0.15) is 20.3 Å². The van der Waals surface area contributed by atoms with E-state index in [1.165, 1.54) is 6.07 Å². The average Bonchev–Trinajstić information content (AvgIpc) is 2.97. The summed E-state index contributed by atoms with van der Waals surface area (Å²) in [6.07, 6.45) is 1.11. The van der Waals surface area contributed by atoms with Crippen molar-refractivity contribution >= 4 is 34.2 Å². The van der Waals surface area contributed by atoms with Crippen LogP contribution >= 0.6 is 34.2 Å². The molecule has 1 heterocycles. The fourth-order valence-corrected chi connectivity index (χ4v) is 3.39. The largest absolute Gasteiger partial charge is 0.473 e. The first-order valence-corrected chi connectivity index (χ1v) is 8.52. The molecule has 1 aromatic rings. The van der Waals surface area contributed by atoms with Gasteiger partial charge in [-0.05, 0) is 61.5 Å². The first kappa shape index (κ1) is 17.2. The summed E-state index contributed by atoms with van der Waals surface area (Å²) < 4.78 is 24.9. The lowest BCUT2D eigenvalue weighted by molar-refractivity contribution is -0.0131. The summed E-state index contributed by atoms with van der Waals surface area (Å²) in [5.74, 6) is 0.184. The zero-order valence-corrected chi connectivity index (χ0v) is 15.1. The van der Waals surface area contributed by atoms with Crippen LogP contribution < -0.4 is 10.1 Å². The van der Waals surface area contributed by atoms with Gasteiger partial charge in [0.1, 0.15) is 16.6 Å². The van der Waals surface area contributed by atoms with E-state index in [2.05, 4.69) is 27.9 Å². The Bertz CT molecular complexity index is 483. The van der Waals surface area contributed by atoms with Gasteiger partial charge in [-0.15, -0.1) is 0 Å². The monoisotopic (exact) mass is 427 g/mol. The van der Waals surface area contributed by atoms with Gasteiger partial charge < -0.3 is 14.8 Å². The summed E-state index contributed by atoms with van der Waals surface area (Å²) in [5.41, 5.74) is 0. The molecule has 0 radical (unpaired) electrons. The van der Waals surface area contributed by atoms with Gasteiger partial charge in [0.15, 0.2) is 3.61 Å². The van der Waals surface area contributed by atoms with Gasteiger partial charge in [-0.3, -0.25) is 0 Å². The highest BCUT2D eigenvalue weighted by Crippen LogP contribution is 2.39. The molecule has 2 atom stereocenters. The first-order chi connectivity index (χ1) is 9.92. The third-order valence-electron chi connectivity index (χ3n) is 3.48. The van der Waals surface area contributed by atoms with Crippen LogP contribution in [0.3, 0.4) is 0 Å². The minimum absolute atomic E-state index is 0.0223. The Morgan fingerprint density at radius 2 is 2.29 bits per heavy atom. The van der Waals surface area contributed by atoms with Crippen molar-refractivity contribution in [2.24, 2.45) is 5.92 Å². The number of hydrogen-bond donors (Lipinski definition) is 1. The molecule has 3 nitrogen and oxygen atoms in total. The molecule has 6 heteroatoms. The fourth-order valence-electron chi connectivity index (χ4n) is 2.28. The Balaban J connectivity index is 2.20. The topological polar surface area (TPSA) is 30.5 Å². The maximum Gasteiger partial charge on any atom is 0.186 e. The quantitative estimate of drug-likeness (QED) is 0.549. The van der Waals surface area contributed by atoms with Gasteiger partial charge in [0.2, 0.25) is 0 Å². The zero-order chi connectivity index (χ0) is 15.5. The van der Waals surface area contributed by atoms with E-state index in [4.69, 9.17) is 21.1 Å². The fraction of sp³-hybridized carbons (Fsp3) is 0.600. The van der Waals surface area contributed by atoms with Crippen molar-refractivity contribution in [2.45, 2.75) is 30.0 Å². The van der Waals surface area contributed by atoms with Crippen LogP contribution in [-0.2, 0) is 4.74 Å². The molecule has 0 bridgehead atoms. The van der Waals surface area contributed by atoms with E-state index >= 15 is 0 Å². The van der Waals surface area contributed by atoms with E-state index in [1.54, 1.807) is 12.1 Å². The van der Waals surface area contributed by atoms with E-state index < -0.39 is 9.43 Å². The van der Waals surface area contributed by atoms with Gasteiger partial charge >= 0.3 is 0 Å². The van der Waals surface area contributed by atoms with E-state index in [1.807, 2.05) is 13.8 Å². The average molecular weight is 428 g/mol. The zero-order valence-electron chi connectivity index (χ0n) is 12.2. The number of ether oxygens (including phenoxy) is 2. The van der Waals surface area contributed by atoms with Gasteiger partial charge in [-0.1, -0.05) is 17.7 Å². The number of hydrogen-bond acceptors (Lipinski definition) is 3. The van der Waals surface area contributed by atoms with Crippen molar-refractivity contribution in [3.05, 3.63) is 29.0 Å². The normalized spacial score (nSPS) is 21.5. The summed E-state index contributed by atoms with van der Waals surface area (Å²) in [6, 6.07) is 4.62. The molecule has 1 fully saturated rings. The molecular weight excluding hydrogens is 408 g/mol. The van der Waals surface area contributed by atoms with Crippen molar-refractivity contribution in [1.82, 2.24) is 5.32 Å². The maximum absolute atomic E-state index is 13.6. The molecule has 1 N–H and O–H groups in total. The van der Waals surface area contributed by atoms with E-state index in [0.717, 1.165) is 19.5 Å². The molecule has 0 amide bonds. The van der Waals surface area contributed by atoms with Crippen LogP contribution in [0.15, 0.2) is 18.2 Å². The first-order valence-electron chi connectivity index (χ1n) is 7.06. The van der Waals surface area contributed by atoms with Crippen molar-refractivity contribution in [3.63, 3.8) is 0 Å². The molecule has 2 rings (SSSR count). The molecule has 1 unspecified atom stereocenters. The molecule has 1 saturated heterocycles. The molecular formula is C15H20ClFINO2. The molecule has 21 heavy (non-hydrogen) atoms. The Morgan fingerprint density at radius 1 is 1.52 bits per heavy atom. The van der Waals surface area contributed by atoms with Crippen LogP contribution in [0.4, 0.5) is 4.39 Å². The smallest absolute Gasteiger partial charge is 0.186 e. The predicted octanol–water partition coefficient (Wildman–Crippen LogP) is 4.02. The number of rotatable bonds is 6. The van der Waals surface area contributed by atoms with E-state index in [0.29, 0.717) is 12.4 Å². The van der Waals surface area contributed by atoms with Gasteiger partial charge in [0.25, 0.3) is 0 Å². The second kappa shape index (κ2) is 7.44. The second-order valence-electron chi connectivity index (χ2n) is 5.49. The molecule has 0 aliphatic carbocycles. The van der Waals surface area contributed by atoms with Crippen LogP contribution in [0.5, 0.6) is 5.75 Å². The molecule has 0 aromatic heterocycles. The van der Waals surface area contributed by atoms with Crippen molar-refractivity contribution in [3.8, 4) is 5.75 Å². The standard InChI is InChI=1S/C15H20ClFINO2/c1-10(2)20-9-15(18,11-6-7-19-8-11)21-13-5-3-4-12(17)14(13)16/h3-5,10-11,19H,6-9H2,1-2H3/t11?,15-/m0/s1. The molecule has 1 aliphatic rings. The number of nitrogens with one attached hydrogen (secondary N) is 1. The van der Waals surface area contributed by atoms with Crippen molar-refractivity contribution < 1.29 is 13.9 Å². The van der Waals surface area contributed by atoms with Gasteiger partial charge in [-0.2, -0.15) is 0 Å². The highest BCUT2D eigenvalue weighted by Gasteiger charge is 2.41. The number of halogens is 3. The molecule has 118 valence electrons. The minimum Gasteiger partial charge on any atom is -0.473 e. The maximum atomic E-state index is 13.6. The van der Waals surface area contributed by atoms with Gasteiger partial charge in [0, 0.05) is 12.5 Å². The van der Waals surface area contributed by atoms with Crippen LogP contribution in [0.2, 0.25) is 5.02 Å². The molecule has 1 aromatic carbocycles. The lowest BCUT2D eigenvalue weighted by Crippen LogP contribution is -2.44. The minimum atomic E-state index is -0.567.